The van der Waals surface area contributed by atoms with Crippen molar-refractivity contribution in [3.05, 3.63) is 47.1 Å². The lowest BCUT2D eigenvalue weighted by atomic mass is 10.1. The lowest BCUT2D eigenvalue weighted by Crippen LogP contribution is -2.48. The first-order valence-corrected chi connectivity index (χ1v) is 7.75. The minimum absolute atomic E-state index is 0. The Morgan fingerprint density at radius 2 is 1.88 bits per heavy atom. The highest BCUT2D eigenvalue weighted by Gasteiger charge is 2.23. The summed E-state index contributed by atoms with van der Waals surface area (Å²) in [5.74, 6) is 1.19. The fourth-order valence-corrected chi connectivity index (χ4v) is 2.63. The number of piperazine rings is 1. The maximum atomic E-state index is 12.5. The van der Waals surface area contributed by atoms with Gasteiger partial charge < -0.3 is 15.2 Å². The first-order valence-electron chi connectivity index (χ1n) is 7.75. The van der Waals surface area contributed by atoms with Gasteiger partial charge in [-0.15, -0.1) is 12.4 Å². The van der Waals surface area contributed by atoms with Gasteiger partial charge in [0.25, 0.3) is 5.91 Å². The first kappa shape index (κ1) is 18.4. The molecule has 0 saturated carbocycles. The molecule has 0 bridgehead atoms. The van der Waals surface area contributed by atoms with Gasteiger partial charge in [-0.05, 0) is 19.1 Å². The average molecular weight is 352 g/mol. The zero-order chi connectivity index (χ0) is 16.2. The molecule has 2 N–H and O–H groups in total. The van der Waals surface area contributed by atoms with Crippen molar-refractivity contribution in [1.82, 2.24) is 19.9 Å². The van der Waals surface area contributed by atoms with Gasteiger partial charge in [-0.2, -0.15) is 4.98 Å². The summed E-state index contributed by atoms with van der Waals surface area (Å²) in [6.07, 6.45) is 0. The third kappa shape index (κ3) is 4.31. The molecule has 3 rings (SSSR count). The van der Waals surface area contributed by atoms with Crippen LogP contribution in [0.1, 0.15) is 27.6 Å². The van der Waals surface area contributed by atoms with E-state index in [2.05, 4.69) is 15.0 Å². The largest absolute Gasteiger partial charge is 0.338 e. The third-order valence-corrected chi connectivity index (χ3v) is 4.01. The molecule has 1 aliphatic rings. The fourth-order valence-electron chi connectivity index (χ4n) is 2.63. The quantitative estimate of drug-likeness (QED) is 0.890. The van der Waals surface area contributed by atoms with E-state index in [0.29, 0.717) is 31.3 Å². The van der Waals surface area contributed by atoms with Crippen LogP contribution in [-0.2, 0) is 13.1 Å². The van der Waals surface area contributed by atoms with Gasteiger partial charge in [0.2, 0.25) is 5.89 Å². The standard InChI is InChI=1S/C16H21N5O2.ClH/c1-12-2-4-13(5-3-12)16(22)21-8-6-20(7-9-21)11-14-18-15(10-17)23-19-14;/h2-5H,6-11,17H2,1H3;1H. The van der Waals surface area contributed by atoms with Crippen LogP contribution in [0.5, 0.6) is 0 Å². The van der Waals surface area contributed by atoms with E-state index in [1.165, 1.54) is 0 Å². The molecule has 1 fully saturated rings. The minimum atomic E-state index is 0. The Morgan fingerprint density at radius 1 is 1.21 bits per heavy atom. The molecule has 0 spiro atoms. The van der Waals surface area contributed by atoms with Crippen LogP contribution in [0.25, 0.3) is 0 Å². The van der Waals surface area contributed by atoms with Gasteiger partial charge in [0, 0.05) is 31.7 Å². The summed E-state index contributed by atoms with van der Waals surface area (Å²) in [5, 5.41) is 3.90. The molecule has 2 heterocycles. The van der Waals surface area contributed by atoms with Crippen LogP contribution in [-0.4, -0.2) is 52.0 Å². The number of carbonyl (C=O) groups excluding carboxylic acids is 1. The highest BCUT2D eigenvalue weighted by Crippen LogP contribution is 2.11. The first-order chi connectivity index (χ1) is 11.2. The second-order valence-electron chi connectivity index (χ2n) is 5.74. The van der Waals surface area contributed by atoms with Crippen molar-refractivity contribution in [1.29, 1.82) is 0 Å². The maximum Gasteiger partial charge on any atom is 0.253 e. The van der Waals surface area contributed by atoms with E-state index >= 15 is 0 Å². The van der Waals surface area contributed by atoms with Gasteiger partial charge >= 0.3 is 0 Å². The van der Waals surface area contributed by atoms with Gasteiger partial charge in [-0.3, -0.25) is 9.69 Å². The van der Waals surface area contributed by atoms with Crippen molar-refractivity contribution in [2.45, 2.75) is 20.0 Å². The highest BCUT2D eigenvalue weighted by atomic mass is 35.5. The van der Waals surface area contributed by atoms with Crippen molar-refractivity contribution in [2.75, 3.05) is 26.2 Å². The number of aryl methyl sites for hydroxylation is 1. The predicted octanol–water partition coefficient (Wildman–Crippen LogP) is 1.22. The van der Waals surface area contributed by atoms with E-state index < -0.39 is 0 Å². The molecule has 0 aliphatic carbocycles. The summed E-state index contributed by atoms with van der Waals surface area (Å²) in [6, 6.07) is 7.71. The number of carbonyl (C=O) groups is 1. The van der Waals surface area contributed by atoms with E-state index in [4.69, 9.17) is 10.3 Å². The number of nitrogens with zero attached hydrogens (tertiary/aromatic N) is 4. The topological polar surface area (TPSA) is 88.5 Å². The van der Waals surface area contributed by atoms with E-state index in [9.17, 15) is 4.79 Å². The van der Waals surface area contributed by atoms with Crippen molar-refractivity contribution in [3.8, 4) is 0 Å². The Bertz CT molecular complexity index is 665. The number of rotatable bonds is 4. The monoisotopic (exact) mass is 351 g/mol. The fraction of sp³-hybridized carbons (Fsp3) is 0.438. The molecule has 8 heteroatoms. The summed E-state index contributed by atoms with van der Waals surface area (Å²) in [7, 11) is 0. The lowest BCUT2D eigenvalue weighted by Gasteiger charge is -2.34. The Balaban J connectivity index is 0.00000208. The molecule has 0 atom stereocenters. The zero-order valence-electron chi connectivity index (χ0n) is 13.6. The van der Waals surface area contributed by atoms with Gasteiger partial charge in [0.15, 0.2) is 5.82 Å². The van der Waals surface area contributed by atoms with Crippen molar-refractivity contribution >= 4 is 18.3 Å². The maximum absolute atomic E-state index is 12.5. The summed E-state index contributed by atoms with van der Waals surface area (Å²) in [5.41, 5.74) is 7.36. The molecule has 1 aromatic carbocycles. The Kier molecular flexibility index (Phi) is 6.30. The number of nitrogens with two attached hydrogens (primary N) is 1. The lowest BCUT2D eigenvalue weighted by molar-refractivity contribution is 0.0624. The number of hydrogen-bond donors (Lipinski definition) is 1. The van der Waals surface area contributed by atoms with Gasteiger partial charge in [0.1, 0.15) is 0 Å². The van der Waals surface area contributed by atoms with Crippen molar-refractivity contribution in [3.63, 3.8) is 0 Å². The SMILES string of the molecule is Cc1ccc(C(=O)N2CCN(Cc3noc(CN)n3)CC2)cc1.Cl. The molecule has 7 nitrogen and oxygen atoms in total. The van der Waals surface area contributed by atoms with Crippen molar-refractivity contribution in [2.24, 2.45) is 5.73 Å². The highest BCUT2D eigenvalue weighted by molar-refractivity contribution is 5.94. The second-order valence-corrected chi connectivity index (χ2v) is 5.74. The Labute approximate surface area is 147 Å². The molecular formula is C16H22ClN5O2. The molecule has 24 heavy (non-hydrogen) atoms. The Morgan fingerprint density at radius 3 is 2.46 bits per heavy atom. The third-order valence-electron chi connectivity index (χ3n) is 4.01. The van der Waals surface area contributed by atoms with E-state index in [-0.39, 0.29) is 24.9 Å². The molecule has 0 unspecified atom stereocenters. The molecule has 130 valence electrons. The molecule has 1 amide bonds. The van der Waals surface area contributed by atoms with Crippen LogP contribution in [0.3, 0.4) is 0 Å². The summed E-state index contributed by atoms with van der Waals surface area (Å²) in [4.78, 5) is 20.8. The molecular weight excluding hydrogens is 330 g/mol. The van der Waals surface area contributed by atoms with E-state index in [0.717, 1.165) is 24.2 Å². The number of amides is 1. The summed E-state index contributed by atoms with van der Waals surface area (Å²) >= 11 is 0. The Hall–Kier alpha value is -1.96. The summed E-state index contributed by atoms with van der Waals surface area (Å²) in [6.45, 7) is 5.89. The van der Waals surface area contributed by atoms with Crippen LogP contribution in [0.15, 0.2) is 28.8 Å². The molecule has 1 saturated heterocycles. The van der Waals surface area contributed by atoms with Gasteiger partial charge in [0.05, 0.1) is 13.1 Å². The average Bonchev–Trinajstić information content (AvgIpc) is 3.03. The smallest absolute Gasteiger partial charge is 0.253 e. The molecule has 2 aromatic rings. The number of hydrogen-bond acceptors (Lipinski definition) is 6. The van der Waals surface area contributed by atoms with Crippen LogP contribution in [0, 0.1) is 6.92 Å². The zero-order valence-corrected chi connectivity index (χ0v) is 14.5. The van der Waals surface area contributed by atoms with Gasteiger partial charge in [-0.25, -0.2) is 0 Å². The molecule has 1 aromatic heterocycles. The normalized spacial score (nSPS) is 15.2. The van der Waals surface area contributed by atoms with Crippen LogP contribution < -0.4 is 5.73 Å². The number of benzene rings is 1. The second kappa shape index (κ2) is 8.23. The minimum Gasteiger partial charge on any atom is -0.338 e. The van der Waals surface area contributed by atoms with Crippen molar-refractivity contribution < 1.29 is 9.32 Å². The predicted molar refractivity (Wildman–Crippen MR) is 91.8 cm³/mol. The molecule has 0 radical (unpaired) electrons. The van der Waals surface area contributed by atoms with Crippen LogP contribution in [0.2, 0.25) is 0 Å². The number of halogens is 1. The van der Waals surface area contributed by atoms with E-state index in [1.807, 2.05) is 36.1 Å². The summed E-state index contributed by atoms with van der Waals surface area (Å²) < 4.78 is 5.00. The van der Waals surface area contributed by atoms with E-state index in [1.54, 1.807) is 0 Å². The van der Waals surface area contributed by atoms with Crippen LogP contribution >= 0.6 is 12.4 Å². The number of aromatic nitrogens is 2. The molecule has 1 aliphatic heterocycles. The van der Waals surface area contributed by atoms with Crippen LogP contribution in [0.4, 0.5) is 0 Å². The van der Waals surface area contributed by atoms with Gasteiger partial charge in [-0.1, -0.05) is 22.9 Å².